The maximum absolute atomic E-state index is 12.7. The molecule has 3 rings (SSSR count). The van der Waals surface area contributed by atoms with Crippen molar-refractivity contribution in [2.45, 2.75) is 25.7 Å². The van der Waals surface area contributed by atoms with Crippen LogP contribution in [0.15, 0.2) is 56.9 Å². The van der Waals surface area contributed by atoms with Gasteiger partial charge in [-0.3, -0.25) is 14.9 Å². The predicted molar refractivity (Wildman–Crippen MR) is 122 cm³/mol. The van der Waals surface area contributed by atoms with Gasteiger partial charge in [0.2, 0.25) is 0 Å². The zero-order chi connectivity index (χ0) is 25.0. The van der Waals surface area contributed by atoms with Gasteiger partial charge in [0.25, 0.3) is 11.6 Å². The number of methoxy groups -OCH3 is 1. The van der Waals surface area contributed by atoms with E-state index in [0.717, 1.165) is 6.07 Å². The highest BCUT2D eigenvalue weighted by Crippen LogP contribution is 2.31. The third kappa shape index (κ3) is 5.41. The summed E-state index contributed by atoms with van der Waals surface area (Å²) in [6.45, 7) is 4.89. The number of hydrogen-bond donors (Lipinski definition) is 1. The fraction of sp³-hybridized carbons (Fsp3) is 0.182. The van der Waals surface area contributed by atoms with Crippen molar-refractivity contribution in [1.82, 2.24) is 5.43 Å². The fourth-order valence-electron chi connectivity index (χ4n) is 3.02. The maximum Gasteiger partial charge on any atom is 0.339 e. The summed E-state index contributed by atoms with van der Waals surface area (Å²) in [7, 11) is -3.06. The third-order valence-electron chi connectivity index (χ3n) is 4.72. The first kappa shape index (κ1) is 24.5. The number of carbonyl (C=O) groups is 1. The van der Waals surface area contributed by atoms with Crippen LogP contribution in [-0.2, 0) is 10.1 Å². The van der Waals surface area contributed by atoms with Gasteiger partial charge < -0.3 is 13.3 Å². The molecule has 11 nitrogen and oxygen atoms in total. The van der Waals surface area contributed by atoms with Crippen molar-refractivity contribution in [3.05, 3.63) is 80.8 Å². The van der Waals surface area contributed by atoms with Gasteiger partial charge in [0, 0.05) is 11.6 Å². The number of hydrazone groups is 1. The number of carbonyl (C=O) groups excluding carboxylic acids is 1. The number of amides is 1. The minimum Gasteiger partial charge on any atom is -0.493 e. The lowest BCUT2D eigenvalue weighted by Crippen LogP contribution is -2.17. The molecule has 0 spiro atoms. The van der Waals surface area contributed by atoms with E-state index in [-0.39, 0.29) is 22.1 Å². The van der Waals surface area contributed by atoms with E-state index in [1.807, 2.05) is 0 Å². The van der Waals surface area contributed by atoms with Crippen LogP contribution < -0.4 is 14.3 Å². The number of nitrogens with one attached hydrogen (secondary N) is 1. The lowest BCUT2D eigenvalue weighted by molar-refractivity contribution is -0.385. The number of aryl methyl sites for hydroxylation is 3. The second-order valence-electron chi connectivity index (χ2n) is 7.18. The summed E-state index contributed by atoms with van der Waals surface area (Å²) in [5.41, 5.74) is 3.19. The molecule has 0 unspecified atom stereocenters. The highest BCUT2D eigenvalue weighted by atomic mass is 32.2. The van der Waals surface area contributed by atoms with Gasteiger partial charge in [-0.25, -0.2) is 5.43 Å². The number of nitro groups is 1. The summed E-state index contributed by atoms with van der Waals surface area (Å²) in [5, 5.41) is 15.0. The molecule has 0 radical (unpaired) electrons. The Bertz CT molecular complexity index is 1390. The largest absolute Gasteiger partial charge is 0.493 e. The van der Waals surface area contributed by atoms with E-state index < -0.39 is 20.9 Å². The fourth-order valence-corrected chi connectivity index (χ4v) is 3.98. The van der Waals surface area contributed by atoms with E-state index in [2.05, 4.69) is 10.5 Å². The molecule has 0 saturated carbocycles. The van der Waals surface area contributed by atoms with Gasteiger partial charge in [0.15, 0.2) is 11.5 Å². The third-order valence-corrected chi connectivity index (χ3v) is 5.95. The summed E-state index contributed by atoms with van der Waals surface area (Å²) in [5.74, 6) is 0.560. The monoisotopic (exact) mass is 487 g/mol. The van der Waals surface area contributed by atoms with Crippen molar-refractivity contribution in [3.8, 4) is 11.5 Å². The molecule has 0 fully saturated rings. The molecular weight excluding hydrogens is 466 g/mol. The van der Waals surface area contributed by atoms with Crippen molar-refractivity contribution < 1.29 is 31.5 Å². The van der Waals surface area contributed by atoms with Crippen molar-refractivity contribution in [2.75, 3.05) is 7.11 Å². The van der Waals surface area contributed by atoms with Crippen LogP contribution in [0.4, 0.5) is 5.69 Å². The Morgan fingerprint density at radius 3 is 2.47 bits per heavy atom. The first-order valence-corrected chi connectivity index (χ1v) is 11.2. The van der Waals surface area contributed by atoms with E-state index in [1.165, 1.54) is 50.6 Å². The van der Waals surface area contributed by atoms with Gasteiger partial charge in [-0.1, -0.05) is 6.07 Å². The summed E-state index contributed by atoms with van der Waals surface area (Å²) in [6.07, 6.45) is 1.34. The molecule has 178 valence electrons. The van der Waals surface area contributed by atoms with Gasteiger partial charge in [-0.15, -0.1) is 0 Å². The first-order valence-electron chi connectivity index (χ1n) is 9.80. The van der Waals surface area contributed by atoms with Crippen LogP contribution in [0.3, 0.4) is 0 Å². The molecule has 34 heavy (non-hydrogen) atoms. The number of benzene rings is 2. The van der Waals surface area contributed by atoms with E-state index in [1.54, 1.807) is 19.9 Å². The molecule has 1 N–H and O–H groups in total. The van der Waals surface area contributed by atoms with Crippen molar-refractivity contribution in [3.63, 3.8) is 0 Å². The van der Waals surface area contributed by atoms with Gasteiger partial charge in [0.1, 0.15) is 16.4 Å². The molecule has 2 aromatic carbocycles. The van der Waals surface area contributed by atoms with Crippen molar-refractivity contribution in [1.29, 1.82) is 0 Å². The van der Waals surface area contributed by atoms with Gasteiger partial charge >= 0.3 is 10.1 Å². The maximum atomic E-state index is 12.7. The number of furan rings is 1. The Labute approximate surface area is 195 Å². The molecule has 0 bridgehead atoms. The smallest absolute Gasteiger partial charge is 0.339 e. The Kier molecular flexibility index (Phi) is 7.01. The Morgan fingerprint density at radius 2 is 1.85 bits per heavy atom. The molecule has 1 aromatic heterocycles. The van der Waals surface area contributed by atoms with E-state index in [9.17, 15) is 23.3 Å². The normalized spacial score (nSPS) is 11.4. The molecular formula is C22H21N3O8S. The molecule has 0 aliphatic carbocycles. The average molecular weight is 487 g/mol. The summed E-state index contributed by atoms with van der Waals surface area (Å²) in [6, 6.07) is 9.36. The molecule has 3 aromatic rings. The first-order chi connectivity index (χ1) is 16.0. The lowest BCUT2D eigenvalue weighted by atomic mass is 10.2. The van der Waals surface area contributed by atoms with Crippen LogP contribution in [0.1, 0.15) is 33.0 Å². The molecule has 0 aliphatic rings. The Balaban J connectivity index is 1.78. The van der Waals surface area contributed by atoms with E-state index in [0.29, 0.717) is 28.2 Å². The number of hydrogen-bond acceptors (Lipinski definition) is 9. The summed E-state index contributed by atoms with van der Waals surface area (Å²) in [4.78, 5) is 22.3. The number of nitrogens with zero attached hydrogens (tertiary/aromatic N) is 2. The zero-order valence-electron chi connectivity index (χ0n) is 18.7. The molecule has 0 atom stereocenters. The van der Waals surface area contributed by atoms with Crippen LogP contribution in [0, 0.1) is 30.9 Å². The molecule has 1 amide bonds. The van der Waals surface area contributed by atoms with Gasteiger partial charge in [-0.2, -0.15) is 13.5 Å². The van der Waals surface area contributed by atoms with Crippen LogP contribution in [0.2, 0.25) is 0 Å². The standard InChI is InChI=1S/C22H21N3O8S/c1-13-5-7-17(11-19(13)25(27)28)34(29,30)33-20-8-6-16(10-21(20)31-4)12-23-24-22(26)18-9-14(2)32-15(18)3/h5-12H,1-4H3,(H,24,26). The number of rotatable bonds is 8. The van der Waals surface area contributed by atoms with Gasteiger partial charge in [0.05, 0.1) is 23.8 Å². The summed E-state index contributed by atoms with van der Waals surface area (Å²) >= 11 is 0. The minimum atomic E-state index is -4.38. The van der Waals surface area contributed by atoms with Crippen LogP contribution >= 0.6 is 0 Å². The predicted octanol–water partition coefficient (Wildman–Crippen LogP) is 3.65. The van der Waals surface area contributed by atoms with Crippen LogP contribution in [0.25, 0.3) is 0 Å². The second kappa shape index (κ2) is 9.75. The van der Waals surface area contributed by atoms with Crippen LogP contribution in [-0.4, -0.2) is 32.6 Å². The van der Waals surface area contributed by atoms with Crippen LogP contribution in [0.5, 0.6) is 11.5 Å². The Morgan fingerprint density at radius 1 is 1.12 bits per heavy atom. The lowest BCUT2D eigenvalue weighted by Gasteiger charge is -2.11. The molecule has 0 aliphatic heterocycles. The molecule has 0 saturated heterocycles. The molecule has 12 heteroatoms. The SMILES string of the molecule is COc1cc(C=NNC(=O)c2cc(C)oc2C)ccc1OS(=O)(=O)c1ccc(C)c([N+](=O)[O-])c1. The Hall–Kier alpha value is -4.19. The highest BCUT2D eigenvalue weighted by molar-refractivity contribution is 7.87. The highest BCUT2D eigenvalue weighted by Gasteiger charge is 2.23. The van der Waals surface area contributed by atoms with Crippen molar-refractivity contribution >= 4 is 27.9 Å². The number of ether oxygens (including phenoxy) is 1. The van der Waals surface area contributed by atoms with Gasteiger partial charge in [-0.05, 0) is 56.7 Å². The average Bonchev–Trinajstić information content (AvgIpc) is 3.12. The topological polar surface area (TPSA) is 150 Å². The van der Waals surface area contributed by atoms with E-state index >= 15 is 0 Å². The zero-order valence-corrected chi connectivity index (χ0v) is 19.5. The molecule has 1 heterocycles. The quantitative estimate of drug-likeness (QED) is 0.219. The number of nitro benzene ring substituents is 1. The second-order valence-corrected chi connectivity index (χ2v) is 8.73. The van der Waals surface area contributed by atoms with Crippen molar-refractivity contribution in [2.24, 2.45) is 5.10 Å². The van der Waals surface area contributed by atoms with E-state index in [4.69, 9.17) is 13.3 Å². The minimum absolute atomic E-state index is 0.0711. The summed E-state index contributed by atoms with van der Waals surface area (Å²) < 4.78 is 41.0.